The van der Waals surface area contributed by atoms with Crippen molar-refractivity contribution in [1.29, 1.82) is 0 Å². The maximum Gasteiger partial charge on any atom is 0.000661 e. The summed E-state index contributed by atoms with van der Waals surface area (Å²) in [5, 5.41) is 0. The molecule has 14 heavy (non-hydrogen) atoms. The predicted molar refractivity (Wildman–Crippen MR) is 67.1 cm³/mol. The van der Waals surface area contributed by atoms with Gasteiger partial charge >= 0.3 is 0 Å². The summed E-state index contributed by atoms with van der Waals surface area (Å²) in [6.07, 6.45) is 7.01. The third-order valence-corrected chi connectivity index (χ3v) is 3.68. The van der Waals surface area contributed by atoms with Gasteiger partial charge in [0.2, 0.25) is 0 Å². The van der Waals surface area contributed by atoms with Gasteiger partial charge in [-0.3, -0.25) is 0 Å². The van der Waals surface area contributed by atoms with Crippen LogP contribution >= 0.6 is 12.6 Å². The van der Waals surface area contributed by atoms with Crippen molar-refractivity contribution in [2.24, 2.45) is 11.8 Å². The standard InChI is InChI=1S/C12H25NS/c1-11(7-9-14)6-8-13(2)10-12-4-3-5-12/h11-12,14H,3-10H2,1-2H3. The van der Waals surface area contributed by atoms with Crippen LogP contribution in [0.15, 0.2) is 0 Å². The molecule has 1 fully saturated rings. The van der Waals surface area contributed by atoms with Gasteiger partial charge in [0.25, 0.3) is 0 Å². The Morgan fingerprint density at radius 3 is 2.57 bits per heavy atom. The fraction of sp³-hybridized carbons (Fsp3) is 1.00. The first-order chi connectivity index (χ1) is 6.72. The van der Waals surface area contributed by atoms with Gasteiger partial charge in [-0.15, -0.1) is 0 Å². The van der Waals surface area contributed by atoms with Crippen molar-refractivity contribution in [2.45, 2.75) is 39.0 Å². The van der Waals surface area contributed by atoms with E-state index in [-0.39, 0.29) is 0 Å². The fourth-order valence-corrected chi connectivity index (χ4v) is 2.45. The molecule has 0 aromatic carbocycles. The summed E-state index contributed by atoms with van der Waals surface area (Å²) in [5.74, 6) is 2.89. The Balaban J connectivity index is 1.98. The van der Waals surface area contributed by atoms with Gasteiger partial charge in [-0.25, -0.2) is 0 Å². The summed E-state index contributed by atoms with van der Waals surface area (Å²) < 4.78 is 0. The van der Waals surface area contributed by atoms with E-state index in [4.69, 9.17) is 0 Å². The molecule has 0 bridgehead atoms. The van der Waals surface area contributed by atoms with Crippen LogP contribution < -0.4 is 0 Å². The Bertz CT molecular complexity index is 145. The average molecular weight is 215 g/mol. The minimum Gasteiger partial charge on any atom is -0.306 e. The molecular formula is C12H25NS. The van der Waals surface area contributed by atoms with Crippen LogP contribution in [-0.4, -0.2) is 30.8 Å². The molecule has 0 amide bonds. The molecule has 1 unspecified atom stereocenters. The fourth-order valence-electron chi connectivity index (χ4n) is 2.01. The molecule has 0 saturated heterocycles. The first kappa shape index (κ1) is 12.4. The van der Waals surface area contributed by atoms with Gasteiger partial charge in [-0.2, -0.15) is 12.6 Å². The third-order valence-electron chi connectivity index (χ3n) is 3.42. The normalized spacial score (nSPS) is 19.7. The lowest BCUT2D eigenvalue weighted by molar-refractivity contribution is 0.197. The van der Waals surface area contributed by atoms with E-state index in [1.165, 1.54) is 45.2 Å². The van der Waals surface area contributed by atoms with Crippen LogP contribution in [0.25, 0.3) is 0 Å². The number of rotatable bonds is 7. The molecule has 0 heterocycles. The molecule has 0 aliphatic heterocycles. The van der Waals surface area contributed by atoms with E-state index < -0.39 is 0 Å². The van der Waals surface area contributed by atoms with Gasteiger partial charge in [0.05, 0.1) is 0 Å². The van der Waals surface area contributed by atoms with E-state index in [2.05, 4.69) is 31.5 Å². The molecular weight excluding hydrogens is 190 g/mol. The maximum absolute atomic E-state index is 4.27. The number of hydrogen-bond donors (Lipinski definition) is 1. The average Bonchev–Trinajstić information content (AvgIpc) is 2.09. The third kappa shape index (κ3) is 4.70. The number of nitrogens with zero attached hydrogens (tertiary/aromatic N) is 1. The van der Waals surface area contributed by atoms with Crippen LogP contribution in [0.5, 0.6) is 0 Å². The van der Waals surface area contributed by atoms with Gasteiger partial charge in [0.1, 0.15) is 0 Å². The number of hydrogen-bond acceptors (Lipinski definition) is 2. The van der Waals surface area contributed by atoms with Crippen molar-refractivity contribution in [3.63, 3.8) is 0 Å². The van der Waals surface area contributed by atoms with Crippen molar-refractivity contribution in [2.75, 3.05) is 25.9 Å². The minimum absolute atomic E-state index is 0.844. The van der Waals surface area contributed by atoms with E-state index >= 15 is 0 Å². The molecule has 1 saturated carbocycles. The van der Waals surface area contributed by atoms with Crippen LogP contribution in [0.2, 0.25) is 0 Å². The van der Waals surface area contributed by atoms with Crippen molar-refractivity contribution in [3.8, 4) is 0 Å². The highest BCUT2D eigenvalue weighted by Crippen LogP contribution is 2.26. The lowest BCUT2D eigenvalue weighted by Crippen LogP contribution is -2.30. The Kier molecular flexibility index (Phi) is 5.95. The van der Waals surface area contributed by atoms with Crippen LogP contribution in [0.1, 0.15) is 39.0 Å². The maximum atomic E-state index is 4.27. The summed E-state index contributed by atoms with van der Waals surface area (Å²) in [6, 6.07) is 0. The molecule has 1 nitrogen and oxygen atoms in total. The van der Waals surface area contributed by atoms with E-state index in [1.54, 1.807) is 0 Å². The van der Waals surface area contributed by atoms with Crippen LogP contribution in [-0.2, 0) is 0 Å². The van der Waals surface area contributed by atoms with Gasteiger partial charge < -0.3 is 4.90 Å². The van der Waals surface area contributed by atoms with E-state index in [1.807, 2.05) is 0 Å². The summed E-state index contributed by atoms with van der Waals surface area (Å²) in [6.45, 7) is 4.94. The van der Waals surface area contributed by atoms with Crippen LogP contribution in [0, 0.1) is 11.8 Å². The second-order valence-electron chi connectivity index (χ2n) is 4.97. The highest BCUT2D eigenvalue weighted by molar-refractivity contribution is 7.80. The molecule has 0 spiro atoms. The van der Waals surface area contributed by atoms with Crippen molar-refractivity contribution >= 4 is 12.6 Å². The van der Waals surface area contributed by atoms with Gasteiger partial charge in [0, 0.05) is 6.54 Å². The molecule has 1 rings (SSSR count). The van der Waals surface area contributed by atoms with E-state index in [0.717, 1.165) is 17.6 Å². The molecule has 0 aromatic heterocycles. The summed E-state index contributed by atoms with van der Waals surface area (Å²) in [4.78, 5) is 2.51. The molecule has 2 heteroatoms. The van der Waals surface area contributed by atoms with Crippen molar-refractivity contribution in [1.82, 2.24) is 4.90 Å². The molecule has 0 radical (unpaired) electrons. The predicted octanol–water partition coefficient (Wildman–Crippen LogP) is 3.06. The lowest BCUT2D eigenvalue weighted by atomic mass is 9.85. The quantitative estimate of drug-likeness (QED) is 0.639. The second kappa shape index (κ2) is 6.73. The first-order valence-electron chi connectivity index (χ1n) is 6.01. The Morgan fingerprint density at radius 1 is 1.36 bits per heavy atom. The van der Waals surface area contributed by atoms with Gasteiger partial charge in [-0.05, 0) is 56.9 Å². The van der Waals surface area contributed by atoms with Crippen LogP contribution in [0.3, 0.4) is 0 Å². The van der Waals surface area contributed by atoms with Crippen molar-refractivity contribution < 1.29 is 0 Å². The highest BCUT2D eigenvalue weighted by Gasteiger charge is 2.18. The largest absolute Gasteiger partial charge is 0.306 e. The Hall–Kier alpha value is 0.310. The molecule has 0 N–H and O–H groups in total. The second-order valence-corrected chi connectivity index (χ2v) is 5.41. The Labute approximate surface area is 94.7 Å². The summed E-state index contributed by atoms with van der Waals surface area (Å²) in [7, 11) is 2.27. The van der Waals surface area contributed by atoms with Gasteiger partial charge in [0.15, 0.2) is 0 Å². The molecule has 1 atom stereocenters. The monoisotopic (exact) mass is 215 g/mol. The van der Waals surface area contributed by atoms with E-state index in [0.29, 0.717) is 0 Å². The zero-order valence-corrected chi connectivity index (χ0v) is 10.6. The topological polar surface area (TPSA) is 3.24 Å². The molecule has 1 aliphatic rings. The SMILES string of the molecule is CC(CCS)CCN(C)CC1CCC1. The number of thiol groups is 1. The zero-order chi connectivity index (χ0) is 10.4. The molecule has 1 aliphatic carbocycles. The van der Waals surface area contributed by atoms with E-state index in [9.17, 15) is 0 Å². The molecule has 84 valence electrons. The lowest BCUT2D eigenvalue weighted by Gasteiger charge is -2.30. The zero-order valence-electron chi connectivity index (χ0n) is 9.71. The van der Waals surface area contributed by atoms with Gasteiger partial charge in [-0.1, -0.05) is 13.3 Å². The minimum atomic E-state index is 0.844. The smallest absolute Gasteiger partial charge is 0.000661 e. The van der Waals surface area contributed by atoms with Crippen LogP contribution in [0.4, 0.5) is 0 Å². The summed E-state index contributed by atoms with van der Waals surface area (Å²) >= 11 is 4.27. The summed E-state index contributed by atoms with van der Waals surface area (Å²) in [5.41, 5.74) is 0. The Morgan fingerprint density at radius 2 is 2.07 bits per heavy atom. The highest BCUT2D eigenvalue weighted by atomic mass is 32.1. The first-order valence-corrected chi connectivity index (χ1v) is 6.65. The molecule has 0 aromatic rings. The van der Waals surface area contributed by atoms with Crippen molar-refractivity contribution in [3.05, 3.63) is 0 Å².